The van der Waals surface area contributed by atoms with Gasteiger partial charge in [0, 0.05) is 19.2 Å². The van der Waals surface area contributed by atoms with E-state index in [0.29, 0.717) is 25.1 Å². The molecule has 2 aromatic heterocycles. The van der Waals surface area contributed by atoms with E-state index in [0.717, 1.165) is 16.8 Å². The van der Waals surface area contributed by atoms with Crippen LogP contribution in [-0.4, -0.2) is 10.9 Å². The number of carbonyl (C=O) groups excluding carboxylic acids is 1. The van der Waals surface area contributed by atoms with Crippen molar-refractivity contribution in [2.24, 2.45) is 0 Å². The number of hydrogen-bond donors (Lipinski definition) is 1. The van der Waals surface area contributed by atoms with E-state index in [9.17, 15) is 9.18 Å². The summed E-state index contributed by atoms with van der Waals surface area (Å²) in [5.74, 6) is 0.157. The highest BCUT2D eigenvalue weighted by atomic mass is 35.5. The van der Waals surface area contributed by atoms with Gasteiger partial charge >= 0.3 is 0 Å². The van der Waals surface area contributed by atoms with Crippen molar-refractivity contribution in [1.82, 2.24) is 10.3 Å². The first-order chi connectivity index (χ1) is 12.1. The van der Waals surface area contributed by atoms with Gasteiger partial charge in [0.05, 0.1) is 11.3 Å². The van der Waals surface area contributed by atoms with Crippen LogP contribution in [0.1, 0.15) is 17.5 Å². The van der Waals surface area contributed by atoms with E-state index in [4.69, 9.17) is 16.0 Å². The van der Waals surface area contributed by atoms with Crippen LogP contribution in [0.25, 0.3) is 11.5 Å². The molecule has 0 aliphatic carbocycles. The van der Waals surface area contributed by atoms with Crippen LogP contribution in [0.2, 0.25) is 5.02 Å². The predicted octanol–water partition coefficient (Wildman–Crippen LogP) is 4.38. The van der Waals surface area contributed by atoms with Gasteiger partial charge in [0.2, 0.25) is 5.91 Å². The lowest BCUT2D eigenvalue weighted by atomic mass is 10.1. The van der Waals surface area contributed by atoms with Crippen LogP contribution >= 0.6 is 11.6 Å². The highest BCUT2D eigenvalue weighted by Crippen LogP contribution is 2.18. The molecule has 0 bridgehead atoms. The molecular weight excluding hydrogens is 343 g/mol. The Labute approximate surface area is 149 Å². The summed E-state index contributed by atoms with van der Waals surface area (Å²) in [6, 6.07) is 11.9. The van der Waals surface area contributed by atoms with Gasteiger partial charge in [-0.05, 0) is 47.9 Å². The molecule has 0 saturated carbocycles. The number of nitrogens with one attached hydrogen (secondary N) is 1. The van der Waals surface area contributed by atoms with Crippen molar-refractivity contribution in [3.8, 4) is 11.5 Å². The number of halogens is 2. The first-order valence-corrected chi connectivity index (χ1v) is 8.19. The number of rotatable bonds is 6. The van der Waals surface area contributed by atoms with Crippen LogP contribution < -0.4 is 5.32 Å². The lowest BCUT2D eigenvalue weighted by Crippen LogP contribution is -2.23. The second kappa shape index (κ2) is 7.94. The van der Waals surface area contributed by atoms with Crippen molar-refractivity contribution in [2.75, 3.05) is 0 Å². The molecule has 0 saturated heterocycles. The number of hydrogen-bond acceptors (Lipinski definition) is 3. The standard InChI is InChI=1S/C19H16ClFN2O2/c20-15-10-13(3-6-16(15)21)5-8-19(24)23-12-14-4-7-17(22-11-14)18-2-1-9-25-18/h1-4,6-7,9-11H,5,8,12H2,(H,23,24). The Bertz CT molecular complexity index is 848. The number of furan rings is 1. The highest BCUT2D eigenvalue weighted by Gasteiger charge is 2.06. The molecule has 2 heterocycles. The van der Waals surface area contributed by atoms with E-state index in [1.165, 1.54) is 6.07 Å². The van der Waals surface area contributed by atoms with Crippen LogP contribution in [0.3, 0.4) is 0 Å². The number of pyridine rings is 1. The Morgan fingerprint density at radius 3 is 2.72 bits per heavy atom. The molecular formula is C19H16ClFN2O2. The van der Waals surface area contributed by atoms with Gasteiger partial charge in [-0.2, -0.15) is 0 Å². The third-order valence-electron chi connectivity index (χ3n) is 3.71. The minimum absolute atomic E-state index is 0.0700. The molecule has 0 atom stereocenters. The van der Waals surface area contributed by atoms with E-state index < -0.39 is 5.82 Å². The summed E-state index contributed by atoms with van der Waals surface area (Å²) in [5, 5.41) is 2.91. The lowest BCUT2D eigenvalue weighted by Gasteiger charge is -2.06. The fourth-order valence-corrected chi connectivity index (χ4v) is 2.54. The molecule has 1 amide bonds. The summed E-state index contributed by atoms with van der Waals surface area (Å²) in [4.78, 5) is 16.3. The van der Waals surface area contributed by atoms with Crippen molar-refractivity contribution in [1.29, 1.82) is 0 Å². The number of nitrogens with zero attached hydrogens (tertiary/aromatic N) is 1. The molecule has 1 N–H and O–H groups in total. The van der Waals surface area contributed by atoms with Gasteiger partial charge in [-0.15, -0.1) is 0 Å². The van der Waals surface area contributed by atoms with Crippen molar-refractivity contribution in [3.63, 3.8) is 0 Å². The second-order valence-corrected chi connectivity index (χ2v) is 5.96. The fourth-order valence-electron chi connectivity index (χ4n) is 2.34. The summed E-state index contributed by atoms with van der Waals surface area (Å²) in [6.45, 7) is 0.397. The van der Waals surface area contributed by atoms with E-state index in [1.54, 1.807) is 30.7 Å². The average molecular weight is 359 g/mol. The number of carbonyl (C=O) groups is 1. The van der Waals surface area contributed by atoms with Gasteiger partial charge in [-0.3, -0.25) is 9.78 Å². The Kier molecular flexibility index (Phi) is 5.46. The van der Waals surface area contributed by atoms with E-state index in [1.807, 2.05) is 18.2 Å². The summed E-state index contributed by atoms with van der Waals surface area (Å²) in [7, 11) is 0. The second-order valence-electron chi connectivity index (χ2n) is 5.55. The molecule has 0 fully saturated rings. The van der Waals surface area contributed by atoms with Crippen LogP contribution in [0.4, 0.5) is 4.39 Å². The van der Waals surface area contributed by atoms with Gasteiger partial charge in [0.15, 0.2) is 5.76 Å². The zero-order valence-corrected chi connectivity index (χ0v) is 14.1. The SMILES string of the molecule is O=C(CCc1ccc(F)c(Cl)c1)NCc1ccc(-c2ccco2)nc1. The first-order valence-electron chi connectivity index (χ1n) is 7.81. The monoisotopic (exact) mass is 358 g/mol. The highest BCUT2D eigenvalue weighted by molar-refractivity contribution is 6.30. The van der Waals surface area contributed by atoms with Crippen LogP contribution in [0, 0.1) is 5.82 Å². The van der Waals surface area contributed by atoms with Gasteiger partial charge in [0.1, 0.15) is 11.5 Å². The van der Waals surface area contributed by atoms with Crippen molar-refractivity contribution in [3.05, 3.63) is 76.9 Å². The number of benzene rings is 1. The summed E-state index contributed by atoms with van der Waals surface area (Å²) in [5.41, 5.74) is 2.47. The minimum Gasteiger partial charge on any atom is -0.463 e. The summed E-state index contributed by atoms with van der Waals surface area (Å²) in [6.07, 6.45) is 4.11. The number of aryl methyl sites for hydroxylation is 1. The molecule has 0 aliphatic rings. The summed E-state index contributed by atoms with van der Waals surface area (Å²) < 4.78 is 18.4. The largest absolute Gasteiger partial charge is 0.463 e. The molecule has 3 aromatic rings. The third kappa shape index (κ3) is 4.67. The lowest BCUT2D eigenvalue weighted by molar-refractivity contribution is -0.121. The van der Waals surface area contributed by atoms with Gasteiger partial charge in [-0.1, -0.05) is 23.7 Å². The van der Waals surface area contributed by atoms with Gasteiger partial charge in [0.25, 0.3) is 0 Å². The minimum atomic E-state index is -0.458. The molecule has 1 aromatic carbocycles. The van der Waals surface area contributed by atoms with E-state index in [2.05, 4.69) is 10.3 Å². The van der Waals surface area contributed by atoms with E-state index >= 15 is 0 Å². The number of amides is 1. The fraction of sp³-hybridized carbons (Fsp3) is 0.158. The molecule has 0 radical (unpaired) electrons. The quantitative estimate of drug-likeness (QED) is 0.711. The van der Waals surface area contributed by atoms with E-state index in [-0.39, 0.29) is 10.9 Å². The zero-order chi connectivity index (χ0) is 17.6. The summed E-state index contributed by atoms with van der Waals surface area (Å²) >= 11 is 5.73. The van der Waals surface area contributed by atoms with Crippen molar-refractivity contribution < 1.29 is 13.6 Å². The Balaban J connectivity index is 1.48. The normalized spacial score (nSPS) is 10.6. The maximum Gasteiger partial charge on any atom is 0.220 e. The predicted molar refractivity (Wildman–Crippen MR) is 93.5 cm³/mol. The zero-order valence-electron chi connectivity index (χ0n) is 13.3. The Morgan fingerprint density at radius 1 is 1.20 bits per heavy atom. The Morgan fingerprint density at radius 2 is 2.04 bits per heavy atom. The average Bonchev–Trinajstić information content (AvgIpc) is 3.16. The van der Waals surface area contributed by atoms with Crippen molar-refractivity contribution in [2.45, 2.75) is 19.4 Å². The molecule has 3 rings (SSSR count). The Hall–Kier alpha value is -2.66. The number of aromatic nitrogens is 1. The van der Waals surface area contributed by atoms with Gasteiger partial charge < -0.3 is 9.73 Å². The van der Waals surface area contributed by atoms with Crippen LogP contribution in [0.5, 0.6) is 0 Å². The first kappa shape index (κ1) is 17.2. The molecule has 0 unspecified atom stereocenters. The molecule has 0 aliphatic heterocycles. The van der Waals surface area contributed by atoms with Crippen LogP contribution in [0.15, 0.2) is 59.3 Å². The molecule has 6 heteroatoms. The molecule has 128 valence electrons. The molecule has 4 nitrogen and oxygen atoms in total. The third-order valence-corrected chi connectivity index (χ3v) is 4.00. The van der Waals surface area contributed by atoms with Crippen molar-refractivity contribution >= 4 is 17.5 Å². The molecule has 25 heavy (non-hydrogen) atoms. The smallest absolute Gasteiger partial charge is 0.220 e. The maximum absolute atomic E-state index is 13.1. The topological polar surface area (TPSA) is 55.1 Å². The van der Waals surface area contributed by atoms with Gasteiger partial charge in [-0.25, -0.2) is 4.39 Å². The maximum atomic E-state index is 13.1. The molecule has 0 spiro atoms. The van der Waals surface area contributed by atoms with Crippen LogP contribution in [-0.2, 0) is 17.8 Å².